The van der Waals surface area contributed by atoms with Crippen LogP contribution in [0.15, 0.2) is 42.5 Å². The smallest absolute Gasteiger partial charge is 0.138 e. The van der Waals surface area contributed by atoms with E-state index in [9.17, 15) is 0 Å². The van der Waals surface area contributed by atoms with E-state index in [2.05, 4.69) is 72.9 Å². The highest BCUT2D eigenvalue weighted by molar-refractivity contribution is 5.80. The highest BCUT2D eigenvalue weighted by atomic mass is 16.5. The van der Waals surface area contributed by atoms with Gasteiger partial charge in [-0.2, -0.15) is 0 Å². The SMILES string of the molecule is CN1CCN(CCCCOc2cccc(-c3nc4ccc(C(C)(C)C)cc4[nH]3)c2)CC1. The maximum Gasteiger partial charge on any atom is 0.138 e. The Morgan fingerprint density at radius 3 is 2.58 bits per heavy atom. The van der Waals surface area contributed by atoms with E-state index in [1.165, 1.54) is 44.7 Å². The second-order valence-corrected chi connectivity index (χ2v) is 9.80. The summed E-state index contributed by atoms with van der Waals surface area (Å²) < 4.78 is 6.04. The minimum Gasteiger partial charge on any atom is -0.494 e. The molecule has 0 aliphatic carbocycles. The normalized spacial score (nSPS) is 16.1. The Morgan fingerprint density at radius 2 is 1.81 bits per heavy atom. The maximum atomic E-state index is 6.04. The number of H-pyrrole nitrogens is 1. The van der Waals surface area contributed by atoms with Crippen molar-refractivity contribution in [1.82, 2.24) is 19.8 Å². The fourth-order valence-corrected chi connectivity index (χ4v) is 4.04. The number of imidazole rings is 1. The van der Waals surface area contributed by atoms with E-state index in [-0.39, 0.29) is 5.41 Å². The number of aromatic nitrogens is 2. The third-order valence-electron chi connectivity index (χ3n) is 6.19. The van der Waals surface area contributed by atoms with Crippen LogP contribution in [-0.4, -0.2) is 66.1 Å². The number of piperazine rings is 1. The van der Waals surface area contributed by atoms with Gasteiger partial charge in [-0.25, -0.2) is 4.98 Å². The van der Waals surface area contributed by atoms with Crippen LogP contribution in [0.5, 0.6) is 5.75 Å². The molecule has 1 aliphatic heterocycles. The van der Waals surface area contributed by atoms with Gasteiger partial charge >= 0.3 is 0 Å². The number of benzene rings is 2. The molecular formula is C26H36N4O. The third kappa shape index (κ3) is 5.66. The Hall–Kier alpha value is -2.37. The summed E-state index contributed by atoms with van der Waals surface area (Å²) in [6.45, 7) is 13.4. The van der Waals surface area contributed by atoms with Gasteiger partial charge in [0, 0.05) is 31.7 Å². The Bertz CT molecular complexity index is 996. The summed E-state index contributed by atoms with van der Waals surface area (Å²) >= 11 is 0. The molecule has 1 aliphatic rings. The molecule has 0 bridgehead atoms. The number of nitrogens with zero attached hydrogens (tertiary/aromatic N) is 3. The first-order valence-corrected chi connectivity index (χ1v) is 11.5. The molecule has 1 aromatic heterocycles. The molecule has 1 fully saturated rings. The summed E-state index contributed by atoms with van der Waals surface area (Å²) in [6, 6.07) is 14.7. The molecule has 31 heavy (non-hydrogen) atoms. The molecule has 0 unspecified atom stereocenters. The number of hydrogen-bond acceptors (Lipinski definition) is 4. The van der Waals surface area contributed by atoms with Gasteiger partial charge in [-0.1, -0.05) is 39.0 Å². The molecule has 3 aromatic rings. The van der Waals surface area contributed by atoms with E-state index >= 15 is 0 Å². The van der Waals surface area contributed by atoms with Crippen molar-refractivity contribution >= 4 is 11.0 Å². The van der Waals surface area contributed by atoms with Crippen LogP contribution in [0.4, 0.5) is 0 Å². The molecule has 0 amide bonds. The molecule has 0 radical (unpaired) electrons. The summed E-state index contributed by atoms with van der Waals surface area (Å²) in [7, 11) is 2.20. The molecule has 1 saturated heterocycles. The van der Waals surface area contributed by atoms with Crippen molar-refractivity contribution in [2.24, 2.45) is 0 Å². The number of unbranched alkanes of at least 4 members (excludes halogenated alkanes) is 1. The largest absolute Gasteiger partial charge is 0.494 e. The van der Waals surface area contributed by atoms with E-state index in [0.717, 1.165) is 41.2 Å². The summed E-state index contributed by atoms with van der Waals surface area (Å²) in [5.41, 5.74) is 4.57. The summed E-state index contributed by atoms with van der Waals surface area (Å²) in [5, 5.41) is 0. The first kappa shape index (κ1) is 21.8. The molecule has 0 spiro atoms. The molecule has 0 atom stereocenters. The molecule has 5 heteroatoms. The van der Waals surface area contributed by atoms with E-state index < -0.39 is 0 Å². The molecule has 4 rings (SSSR count). The number of aromatic amines is 1. The molecular weight excluding hydrogens is 384 g/mol. The quantitative estimate of drug-likeness (QED) is 0.550. The molecule has 5 nitrogen and oxygen atoms in total. The van der Waals surface area contributed by atoms with Crippen molar-refractivity contribution in [3.8, 4) is 17.1 Å². The van der Waals surface area contributed by atoms with Crippen molar-refractivity contribution in [2.45, 2.75) is 39.0 Å². The van der Waals surface area contributed by atoms with Gasteiger partial charge in [0.2, 0.25) is 0 Å². The lowest BCUT2D eigenvalue weighted by molar-refractivity contribution is 0.150. The number of ether oxygens (including phenoxy) is 1. The number of nitrogens with one attached hydrogen (secondary N) is 1. The molecule has 166 valence electrons. The summed E-state index contributed by atoms with van der Waals surface area (Å²) in [4.78, 5) is 13.2. The lowest BCUT2D eigenvalue weighted by Gasteiger charge is -2.32. The zero-order valence-electron chi connectivity index (χ0n) is 19.4. The van der Waals surface area contributed by atoms with E-state index in [1.54, 1.807) is 0 Å². The Balaban J connectivity index is 1.33. The van der Waals surface area contributed by atoms with Gasteiger partial charge < -0.3 is 19.5 Å². The van der Waals surface area contributed by atoms with Gasteiger partial charge in [0.1, 0.15) is 11.6 Å². The van der Waals surface area contributed by atoms with Crippen LogP contribution in [0.1, 0.15) is 39.2 Å². The van der Waals surface area contributed by atoms with Crippen LogP contribution >= 0.6 is 0 Å². The van der Waals surface area contributed by atoms with Crippen molar-refractivity contribution in [3.63, 3.8) is 0 Å². The Labute approximate surface area is 186 Å². The van der Waals surface area contributed by atoms with Gasteiger partial charge in [-0.3, -0.25) is 0 Å². The van der Waals surface area contributed by atoms with E-state index in [1.807, 2.05) is 12.1 Å². The van der Waals surface area contributed by atoms with Gasteiger partial charge in [-0.05, 0) is 61.7 Å². The molecule has 1 N–H and O–H groups in total. The lowest BCUT2D eigenvalue weighted by atomic mass is 9.87. The van der Waals surface area contributed by atoms with Crippen molar-refractivity contribution in [1.29, 1.82) is 0 Å². The van der Waals surface area contributed by atoms with Crippen LogP contribution < -0.4 is 4.74 Å². The highest BCUT2D eigenvalue weighted by Crippen LogP contribution is 2.28. The zero-order valence-corrected chi connectivity index (χ0v) is 19.4. The fourth-order valence-electron chi connectivity index (χ4n) is 4.04. The number of fused-ring (bicyclic) bond motifs is 1. The van der Waals surface area contributed by atoms with Gasteiger partial charge in [0.25, 0.3) is 0 Å². The standard InChI is InChI=1S/C26H36N4O/c1-26(2,3)21-10-11-23-24(19-21)28-25(27-23)20-8-7-9-22(18-20)31-17-6-5-12-30-15-13-29(4)14-16-30/h7-11,18-19H,5-6,12-17H2,1-4H3,(H,27,28). The molecule has 0 saturated carbocycles. The van der Waals surface area contributed by atoms with Crippen molar-refractivity contribution in [2.75, 3.05) is 46.4 Å². The monoisotopic (exact) mass is 420 g/mol. The number of likely N-dealkylation sites (N-methyl/N-ethyl adjacent to an activating group) is 1. The minimum atomic E-state index is 0.123. The van der Waals surface area contributed by atoms with Crippen LogP contribution in [-0.2, 0) is 5.41 Å². The van der Waals surface area contributed by atoms with Gasteiger partial charge in [-0.15, -0.1) is 0 Å². The number of hydrogen-bond donors (Lipinski definition) is 1. The van der Waals surface area contributed by atoms with Gasteiger partial charge in [0.05, 0.1) is 17.6 Å². The second-order valence-electron chi connectivity index (χ2n) is 9.80. The van der Waals surface area contributed by atoms with Crippen molar-refractivity contribution in [3.05, 3.63) is 48.0 Å². The summed E-state index contributed by atoms with van der Waals surface area (Å²) in [5.74, 6) is 1.80. The Morgan fingerprint density at radius 1 is 1.00 bits per heavy atom. The first-order valence-electron chi connectivity index (χ1n) is 11.5. The zero-order chi connectivity index (χ0) is 21.8. The average molecular weight is 421 g/mol. The summed E-state index contributed by atoms with van der Waals surface area (Å²) in [6.07, 6.45) is 2.26. The van der Waals surface area contributed by atoms with Crippen LogP contribution in [0.2, 0.25) is 0 Å². The predicted molar refractivity (Wildman–Crippen MR) is 129 cm³/mol. The minimum absolute atomic E-state index is 0.123. The van der Waals surface area contributed by atoms with E-state index in [4.69, 9.17) is 9.72 Å². The first-order chi connectivity index (χ1) is 14.9. The van der Waals surface area contributed by atoms with Crippen LogP contribution in [0, 0.1) is 0 Å². The fraction of sp³-hybridized carbons (Fsp3) is 0.500. The molecule has 2 heterocycles. The van der Waals surface area contributed by atoms with E-state index in [0.29, 0.717) is 0 Å². The number of rotatable bonds is 7. The highest BCUT2D eigenvalue weighted by Gasteiger charge is 2.15. The van der Waals surface area contributed by atoms with Gasteiger partial charge in [0.15, 0.2) is 0 Å². The third-order valence-corrected chi connectivity index (χ3v) is 6.19. The Kier molecular flexibility index (Phi) is 6.63. The second kappa shape index (κ2) is 9.41. The van der Waals surface area contributed by atoms with Crippen molar-refractivity contribution < 1.29 is 4.74 Å². The topological polar surface area (TPSA) is 44.4 Å². The average Bonchev–Trinajstić information content (AvgIpc) is 3.18. The molecule has 2 aromatic carbocycles. The van der Waals surface area contributed by atoms with Crippen LogP contribution in [0.3, 0.4) is 0 Å². The lowest BCUT2D eigenvalue weighted by Crippen LogP contribution is -2.44. The van der Waals surface area contributed by atoms with Crippen LogP contribution in [0.25, 0.3) is 22.4 Å². The maximum absolute atomic E-state index is 6.04. The predicted octanol–water partition coefficient (Wildman–Crippen LogP) is 4.93.